The molecule has 0 saturated carbocycles. The Hall–Kier alpha value is -3.02. The number of benzene rings is 2. The zero-order valence-electron chi connectivity index (χ0n) is 14.5. The highest BCUT2D eigenvalue weighted by molar-refractivity contribution is 5.98. The van der Waals surface area contributed by atoms with E-state index in [-0.39, 0.29) is 6.10 Å². The van der Waals surface area contributed by atoms with Gasteiger partial charge in [0.1, 0.15) is 6.04 Å². The minimum atomic E-state index is -0.911. The molecule has 25 heavy (non-hydrogen) atoms. The molecule has 0 radical (unpaired) electrons. The highest BCUT2D eigenvalue weighted by Gasteiger charge is 2.21. The Morgan fingerprint density at radius 3 is 2.28 bits per heavy atom. The van der Waals surface area contributed by atoms with Crippen LogP contribution in [0.3, 0.4) is 0 Å². The van der Waals surface area contributed by atoms with E-state index in [9.17, 15) is 9.59 Å². The Bertz CT molecular complexity index is 744. The molecule has 0 fully saturated rings. The van der Waals surface area contributed by atoms with Gasteiger partial charge in [0.25, 0.3) is 5.91 Å². The fraction of sp³-hybridized carbons (Fsp3) is 0.263. The van der Waals surface area contributed by atoms with Crippen LogP contribution in [0.15, 0.2) is 48.5 Å². The van der Waals surface area contributed by atoms with Gasteiger partial charge in [-0.1, -0.05) is 30.3 Å². The highest BCUT2D eigenvalue weighted by atomic mass is 16.5. The third-order valence-electron chi connectivity index (χ3n) is 3.48. The lowest BCUT2D eigenvalue weighted by molar-refractivity contribution is -0.120. The van der Waals surface area contributed by atoms with E-state index < -0.39 is 17.9 Å². The van der Waals surface area contributed by atoms with Crippen molar-refractivity contribution in [3.05, 3.63) is 59.7 Å². The van der Waals surface area contributed by atoms with E-state index in [1.165, 1.54) is 7.11 Å². The SMILES string of the molecule is COc1cc(C(=O)NC(C(N)=O)c2ccccc2)ccc1OC(C)C. The first-order valence-electron chi connectivity index (χ1n) is 7.92. The molecule has 2 rings (SSSR count). The summed E-state index contributed by atoms with van der Waals surface area (Å²) in [6, 6.07) is 12.8. The number of amides is 2. The maximum Gasteiger partial charge on any atom is 0.252 e. The second-order valence-electron chi connectivity index (χ2n) is 5.75. The maximum atomic E-state index is 12.5. The minimum absolute atomic E-state index is 0.0223. The number of hydrogen-bond acceptors (Lipinski definition) is 4. The van der Waals surface area contributed by atoms with E-state index in [0.29, 0.717) is 22.6 Å². The van der Waals surface area contributed by atoms with Crippen molar-refractivity contribution in [2.75, 3.05) is 7.11 Å². The van der Waals surface area contributed by atoms with Gasteiger partial charge in [-0.25, -0.2) is 0 Å². The van der Waals surface area contributed by atoms with Gasteiger partial charge >= 0.3 is 0 Å². The van der Waals surface area contributed by atoms with Gasteiger partial charge in [0.05, 0.1) is 13.2 Å². The zero-order chi connectivity index (χ0) is 18.4. The normalized spacial score (nSPS) is 11.7. The summed E-state index contributed by atoms with van der Waals surface area (Å²) in [5, 5.41) is 2.65. The fourth-order valence-corrected chi connectivity index (χ4v) is 2.34. The lowest BCUT2D eigenvalue weighted by Gasteiger charge is -2.17. The van der Waals surface area contributed by atoms with Crippen LogP contribution in [-0.4, -0.2) is 25.0 Å². The monoisotopic (exact) mass is 342 g/mol. The summed E-state index contributed by atoms with van der Waals surface area (Å²) in [5.41, 5.74) is 6.39. The molecule has 3 N–H and O–H groups in total. The van der Waals surface area contributed by atoms with Crippen LogP contribution in [0.5, 0.6) is 11.5 Å². The van der Waals surface area contributed by atoms with Crippen molar-refractivity contribution in [2.24, 2.45) is 5.73 Å². The maximum absolute atomic E-state index is 12.5. The molecule has 0 spiro atoms. The number of hydrogen-bond donors (Lipinski definition) is 2. The van der Waals surface area contributed by atoms with Crippen LogP contribution in [0, 0.1) is 0 Å². The Balaban J connectivity index is 2.23. The number of primary amides is 1. The average molecular weight is 342 g/mol. The van der Waals surface area contributed by atoms with E-state index >= 15 is 0 Å². The van der Waals surface area contributed by atoms with E-state index in [2.05, 4.69) is 5.32 Å². The molecule has 6 heteroatoms. The van der Waals surface area contributed by atoms with Gasteiger partial charge < -0.3 is 20.5 Å². The number of carbonyl (C=O) groups excluding carboxylic acids is 2. The summed E-state index contributed by atoms with van der Waals surface area (Å²) in [7, 11) is 1.50. The number of nitrogens with two attached hydrogens (primary N) is 1. The van der Waals surface area contributed by atoms with Crippen molar-refractivity contribution >= 4 is 11.8 Å². The first kappa shape index (κ1) is 18.3. The largest absolute Gasteiger partial charge is 0.493 e. The average Bonchev–Trinajstić information content (AvgIpc) is 2.59. The first-order valence-corrected chi connectivity index (χ1v) is 7.92. The van der Waals surface area contributed by atoms with Gasteiger partial charge in [0.15, 0.2) is 11.5 Å². The van der Waals surface area contributed by atoms with Gasteiger partial charge in [-0.05, 0) is 37.6 Å². The number of carbonyl (C=O) groups is 2. The van der Waals surface area contributed by atoms with Crippen molar-refractivity contribution in [2.45, 2.75) is 26.0 Å². The number of methoxy groups -OCH3 is 1. The third-order valence-corrected chi connectivity index (χ3v) is 3.48. The molecular formula is C19H22N2O4. The standard InChI is InChI=1S/C19H22N2O4/c1-12(2)25-15-10-9-14(11-16(15)24-3)19(23)21-17(18(20)22)13-7-5-4-6-8-13/h4-12,17H,1-3H3,(H2,20,22)(H,21,23). The molecular weight excluding hydrogens is 320 g/mol. The van der Waals surface area contributed by atoms with Gasteiger partial charge in [-0.3, -0.25) is 9.59 Å². The van der Waals surface area contributed by atoms with Crippen LogP contribution in [0.1, 0.15) is 35.8 Å². The zero-order valence-corrected chi connectivity index (χ0v) is 14.5. The molecule has 0 aliphatic heterocycles. The van der Waals surface area contributed by atoms with Gasteiger partial charge in [-0.2, -0.15) is 0 Å². The minimum Gasteiger partial charge on any atom is -0.493 e. The molecule has 132 valence electrons. The molecule has 6 nitrogen and oxygen atoms in total. The quantitative estimate of drug-likeness (QED) is 0.808. The summed E-state index contributed by atoms with van der Waals surface area (Å²) in [6.07, 6.45) is -0.0223. The lowest BCUT2D eigenvalue weighted by atomic mass is 10.1. The molecule has 0 heterocycles. The topological polar surface area (TPSA) is 90.6 Å². The fourth-order valence-electron chi connectivity index (χ4n) is 2.34. The van der Waals surface area contributed by atoms with Crippen LogP contribution in [0.2, 0.25) is 0 Å². The molecule has 0 saturated heterocycles. The predicted octanol–water partition coefficient (Wildman–Crippen LogP) is 2.44. The van der Waals surface area contributed by atoms with Crippen LogP contribution in [-0.2, 0) is 4.79 Å². The Morgan fingerprint density at radius 2 is 1.72 bits per heavy atom. The van der Waals surface area contributed by atoms with Crippen molar-refractivity contribution in [3.63, 3.8) is 0 Å². The number of rotatable bonds is 7. The van der Waals surface area contributed by atoms with E-state index in [1.54, 1.807) is 42.5 Å². The Morgan fingerprint density at radius 1 is 1.04 bits per heavy atom. The second-order valence-corrected chi connectivity index (χ2v) is 5.75. The van der Waals surface area contributed by atoms with Crippen LogP contribution in [0.25, 0.3) is 0 Å². The van der Waals surface area contributed by atoms with Crippen molar-refractivity contribution in [1.82, 2.24) is 5.32 Å². The molecule has 2 aromatic rings. The van der Waals surface area contributed by atoms with E-state index in [0.717, 1.165) is 0 Å². The van der Waals surface area contributed by atoms with Crippen LogP contribution < -0.4 is 20.5 Å². The molecule has 0 aliphatic rings. The molecule has 2 aromatic carbocycles. The van der Waals surface area contributed by atoms with Gasteiger partial charge in [0, 0.05) is 5.56 Å². The molecule has 0 aromatic heterocycles. The van der Waals surface area contributed by atoms with Crippen LogP contribution >= 0.6 is 0 Å². The molecule has 1 atom stereocenters. The van der Waals surface area contributed by atoms with Gasteiger partial charge in [-0.15, -0.1) is 0 Å². The van der Waals surface area contributed by atoms with Crippen LogP contribution in [0.4, 0.5) is 0 Å². The van der Waals surface area contributed by atoms with E-state index in [4.69, 9.17) is 15.2 Å². The Labute approximate surface area is 146 Å². The smallest absolute Gasteiger partial charge is 0.252 e. The molecule has 0 bridgehead atoms. The summed E-state index contributed by atoms with van der Waals surface area (Å²) >= 11 is 0. The van der Waals surface area contributed by atoms with Crippen molar-refractivity contribution in [1.29, 1.82) is 0 Å². The molecule has 0 aliphatic carbocycles. The molecule has 1 unspecified atom stereocenters. The third kappa shape index (κ3) is 4.73. The summed E-state index contributed by atoms with van der Waals surface area (Å²) in [6.45, 7) is 3.80. The Kier molecular flexibility index (Phi) is 6.00. The summed E-state index contributed by atoms with van der Waals surface area (Å²) in [5.74, 6) is -0.0754. The second kappa shape index (κ2) is 8.19. The summed E-state index contributed by atoms with van der Waals surface area (Å²) < 4.78 is 10.9. The highest BCUT2D eigenvalue weighted by Crippen LogP contribution is 2.29. The summed E-state index contributed by atoms with van der Waals surface area (Å²) in [4.78, 5) is 24.2. The van der Waals surface area contributed by atoms with Crippen molar-refractivity contribution in [3.8, 4) is 11.5 Å². The van der Waals surface area contributed by atoms with E-state index in [1.807, 2.05) is 19.9 Å². The molecule has 2 amide bonds. The first-order chi connectivity index (χ1) is 11.9. The predicted molar refractivity (Wildman–Crippen MR) is 94.6 cm³/mol. The van der Waals surface area contributed by atoms with Gasteiger partial charge in [0.2, 0.25) is 5.91 Å². The number of nitrogens with one attached hydrogen (secondary N) is 1. The van der Waals surface area contributed by atoms with Crippen molar-refractivity contribution < 1.29 is 19.1 Å². The number of ether oxygens (including phenoxy) is 2. The lowest BCUT2D eigenvalue weighted by Crippen LogP contribution is -2.37.